The summed E-state index contributed by atoms with van der Waals surface area (Å²) in [5.74, 6) is 2.83. The fourth-order valence-electron chi connectivity index (χ4n) is 1.57. The van der Waals surface area contributed by atoms with Crippen LogP contribution in [-0.2, 0) is 19.6 Å². The lowest BCUT2D eigenvalue weighted by Gasteiger charge is -2.03. The van der Waals surface area contributed by atoms with Gasteiger partial charge in [0.05, 0.1) is 13.1 Å². The molecule has 0 saturated heterocycles. The number of aromatic nitrogens is 3. The van der Waals surface area contributed by atoms with Crippen molar-refractivity contribution in [3.05, 3.63) is 35.8 Å². The van der Waals surface area contributed by atoms with Crippen molar-refractivity contribution in [1.29, 1.82) is 0 Å². The van der Waals surface area contributed by atoms with Gasteiger partial charge in [-0.1, -0.05) is 0 Å². The van der Waals surface area contributed by atoms with Crippen LogP contribution in [-0.4, -0.2) is 14.8 Å². The third-order valence-electron chi connectivity index (χ3n) is 2.37. The molecule has 0 aliphatic rings. The van der Waals surface area contributed by atoms with Gasteiger partial charge in [0.1, 0.15) is 23.7 Å². The Balaban J connectivity index is 1.84. The summed E-state index contributed by atoms with van der Waals surface area (Å²) in [6.07, 6.45) is 1.58. The van der Waals surface area contributed by atoms with Gasteiger partial charge in [0.25, 0.3) is 0 Å². The molecule has 0 aromatic carbocycles. The van der Waals surface area contributed by atoms with Crippen LogP contribution in [0, 0.1) is 6.92 Å². The SMILES string of the molecule is CCn1ncnc1CNCc1ccc(C)o1. The van der Waals surface area contributed by atoms with Crippen molar-refractivity contribution in [2.24, 2.45) is 0 Å². The van der Waals surface area contributed by atoms with E-state index < -0.39 is 0 Å². The summed E-state index contributed by atoms with van der Waals surface area (Å²) in [5, 5.41) is 7.38. The molecule has 5 nitrogen and oxygen atoms in total. The largest absolute Gasteiger partial charge is 0.465 e. The smallest absolute Gasteiger partial charge is 0.140 e. The first-order valence-corrected chi connectivity index (χ1v) is 5.42. The summed E-state index contributed by atoms with van der Waals surface area (Å²) >= 11 is 0. The standard InChI is InChI=1S/C11H16N4O/c1-3-15-11(13-8-14-15)7-12-6-10-5-4-9(2)16-10/h4-5,8,12H,3,6-7H2,1-2H3. The van der Waals surface area contributed by atoms with E-state index in [-0.39, 0.29) is 0 Å². The maximum atomic E-state index is 5.45. The zero-order valence-electron chi connectivity index (χ0n) is 9.60. The molecule has 2 rings (SSSR count). The third-order valence-corrected chi connectivity index (χ3v) is 2.37. The second-order valence-electron chi connectivity index (χ2n) is 3.61. The van der Waals surface area contributed by atoms with Gasteiger partial charge in [0.2, 0.25) is 0 Å². The van der Waals surface area contributed by atoms with Gasteiger partial charge >= 0.3 is 0 Å². The zero-order chi connectivity index (χ0) is 11.4. The highest BCUT2D eigenvalue weighted by Gasteiger charge is 2.02. The van der Waals surface area contributed by atoms with E-state index in [0.717, 1.165) is 23.9 Å². The molecule has 0 unspecified atom stereocenters. The van der Waals surface area contributed by atoms with Crippen LogP contribution in [0.25, 0.3) is 0 Å². The van der Waals surface area contributed by atoms with E-state index in [2.05, 4.69) is 15.4 Å². The molecule has 0 aliphatic heterocycles. The van der Waals surface area contributed by atoms with Crippen molar-refractivity contribution >= 4 is 0 Å². The van der Waals surface area contributed by atoms with E-state index in [0.29, 0.717) is 13.1 Å². The lowest BCUT2D eigenvalue weighted by atomic mass is 10.4. The number of nitrogens with one attached hydrogen (secondary N) is 1. The van der Waals surface area contributed by atoms with Crippen LogP contribution in [0.2, 0.25) is 0 Å². The maximum Gasteiger partial charge on any atom is 0.140 e. The Morgan fingerprint density at radius 2 is 2.25 bits per heavy atom. The Hall–Kier alpha value is -1.62. The zero-order valence-corrected chi connectivity index (χ0v) is 9.60. The molecule has 0 fully saturated rings. The van der Waals surface area contributed by atoms with Crippen molar-refractivity contribution in [3.63, 3.8) is 0 Å². The van der Waals surface area contributed by atoms with E-state index in [4.69, 9.17) is 4.42 Å². The highest BCUT2D eigenvalue weighted by Crippen LogP contribution is 2.05. The number of hydrogen-bond acceptors (Lipinski definition) is 4. The molecule has 0 amide bonds. The van der Waals surface area contributed by atoms with Gasteiger partial charge in [-0.25, -0.2) is 9.67 Å². The first-order chi connectivity index (χ1) is 7.79. The molecule has 0 spiro atoms. The van der Waals surface area contributed by atoms with Crippen LogP contribution in [0.4, 0.5) is 0 Å². The lowest BCUT2D eigenvalue weighted by Crippen LogP contribution is -2.16. The Labute approximate surface area is 94.5 Å². The predicted molar refractivity (Wildman–Crippen MR) is 59.7 cm³/mol. The first-order valence-electron chi connectivity index (χ1n) is 5.42. The van der Waals surface area contributed by atoms with Crippen LogP contribution in [0.15, 0.2) is 22.9 Å². The molecule has 1 N–H and O–H groups in total. The van der Waals surface area contributed by atoms with E-state index in [1.807, 2.05) is 30.7 Å². The average Bonchev–Trinajstić information content (AvgIpc) is 2.87. The third kappa shape index (κ3) is 2.49. The molecule has 5 heteroatoms. The minimum atomic E-state index is 0.702. The van der Waals surface area contributed by atoms with Crippen molar-refractivity contribution in [3.8, 4) is 0 Å². The second kappa shape index (κ2) is 4.94. The molecule has 2 heterocycles. The fourth-order valence-corrected chi connectivity index (χ4v) is 1.57. The summed E-state index contributed by atoms with van der Waals surface area (Å²) in [6, 6.07) is 3.94. The van der Waals surface area contributed by atoms with Gasteiger partial charge in [-0.2, -0.15) is 5.10 Å². The van der Waals surface area contributed by atoms with Crippen LogP contribution in [0.1, 0.15) is 24.3 Å². The first kappa shape index (κ1) is 10.9. The summed E-state index contributed by atoms with van der Waals surface area (Å²) in [6.45, 7) is 6.25. The van der Waals surface area contributed by atoms with Gasteiger partial charge in [-0.05, 0) is 26.0 Å². The molecule has 86 valence electrons. The average molecular weight is 220 g/mol. The molecular weight excluding hydrogens is 204 g/mol. The van der Waals surface area contributed by atoms with E-state index in [9.17, 15) is 0 Å². The Kier molecular flexibility index (Phi) is 3.36. The Morgan fingerprint density at radius 1 is 1.38 bits per heavy atom. The molecular formula is C11H16N4O. The summed E-state index contributed by atoms with van der Waals surface area (Å²) in [4.78, 5) is 4.18. The predicted octanol–water partition coefficient (Wildman–Crippen LogP) is 1.49. The molecule has 0 aliphatic carbocycles. The number of furan rings is 1. The minimum absolute atomic E-state index is 0.702. The van der Waals surface area contributed by atoms with Crippen LogP contribution >= 0.6 is 0 Å². The van der Waals surface area contributed by atoms with Crippen molar-refractivity contribution in [2.45, 2.75) is 33.5 Å². The molecule has 16 heavy (non-hydrogen) atoms. The molecule has 0 atom stereocenters. The summed E-state index contributed by atoms with van der Waals surface area (Å²) in [5.41, 5.74) is 0. The Morgan fingerprint density at radius 3 is 2.94 bits per heavy atom. The van der Waals surface area contributed by atoms with Gasteiger partial charge in [-0.3, -0.25) is 0 Å². The summed E-state index contributed by atoms with van der Waals surface area (Å²) < 4.78 is 7.33. The van der Waals surface area contributed by atoms with Crippen LogP contribution in [0.5, 0.6) is 0 Å². The maximum absolute atomic E-state index is 5.45. The summed E-state index contributed by atoms with van der Waals surface area (Å²) in [7, 11) is 0. The van der Waals surface area contributed by atoms with Gasteiger partial charge < -0.3 is 9.73 Å². The van der Waals surface area contributed by atoms with Gasteiger partial charge in [0.15, 0.2) is 0 Å². The molecule has 0 bridgehead atoms. The van der Waals surface area contributed by atoms with Crippen molar-refractivity contribution in [1.82, 2.24) is 20.1 Å². The number of aryl methyl sites for hydroxylation is 2. The second-order valence-corrected chi connectivity index (χ2v) is 3.61. The number of hydrogen-bond donors (Lipinski definition) is 1. The lowest BCUT2D eigenvalue weighted by molar-refractivity contribution is 0.456. The topological polar surface area (TPSA) is 55.9 Å². The fraction of sp³-hybridized carbons (Fsp3) is 0.455. The van der Waals surface area contributed by atoms with E-state index in [1.54, 1.807) is 6.33 Å². The van der Waals surface area contributed by atoms with Crippen molar-refractivity contribution < 1.29 is 4.42 Å². The number of rotatable bonds is 5. The molecule has 2 aromatic heterocycles. The highest BCUT2D eigenvalue weighted by atomic mass is 16.3. The minimum Gasteiger partial charge on any atom is -0.465 e. The molecule has 0 saturated carbocycles. The monoisotopic (exact) mass is 220 g/mol. The number of nitrogens with zero attached hydrogens (tertiary/aromatic N) is 3. The van der Waals surface area contributed by atoms with E-state index >= 15 is 0 Å². The van der Waals surface area contributed by atoms with Gasteiger partial charge in [0, 0.05) is 6.54 Å². The van der Waals surface area contributed by atoms with Crippen LogP contribution < -0.4 is 5.32 Å². The molecule has 0 radical (unpaired) electrons. The quantitative estimate of drug-likeness (QED) is 0.829. The van der Waals surface area contributed by atoms with Crippen molar-refractivity contribution in [2.75, 3.05) is 0 Å². The van der Waals surface area contributed by atoms with E-state index in [1.165, 1.54) is 0 Å². The Bertz CT molecular complexity index is 446. The highest BCUT2D eigenvalue weighted by molar-refractivity contribution is 5.05. The van der Waals surface area contributed by atoms with Gasteiger partial charge in [-0.15, -0.1) is 0 Å². The normalized spacial score (nSPS) is 10.9. The molecule has 2 aromatic rings. The van der Waals surface area contributed by atoms with Crippen LogP contribution in [0.3, 0.4) is 0 Å².